The first kappa shape index (κ1) is 45.4. The van der Waals surface area contributed by atoms with Crippen LogP contribution < -0.4 is 5.32 Å². The van der Waals surface area contributed by atoms with Gasteiger partial charge in [0, 0.05) is 6.42 Å². The van der Waals surface area contributed by atoms with E-state index in [0.29, 0.717) is 6.42 Å². The molecule has 286 valence electrons. The average Bonchev–Trinajstić information content (AvgIpc) is 3.10. The normalized spacial score (nSPS) is 22.8. The van der Waals surface area contributed by atoms with Crippen LogP contribution in [0.25, 0.3) is 0 Å². The largest absolute Gasteiger partial charge is 0.394 e. The van der Waals surface area contributed by atoms with Gasteiger partial charge in [0.1, 0.15) is 24.4 Å². The van der Waals surface area contributed by atoms with Crippen LogP contribution >= 0.6 is 0 Å². The molecule has 7 atom stereocenters. The number of hydrogen-bond acceptors (Lipinski definition) is 8. The third kappa shape index (κ3) is 22.8. The molecule has 7 unspecified atom stereocenters. The number of nitrogens with one attached hydrogen (secondary N) is 1. The van der Waals surface area contributed by atoms with Crippen molar-refractivity contribution in [2.45, 2.75) is 198 Å². The quantitative estimate of drug-likeness (QED) is 0.0338. The number of amides is 1. The van der Waals surface area contributed by atoms with Crippen LogP contribution in [0.2, 0.25) is 0 Å². The van der Waals surface area contributed by atoms with E-state index in [2.05, 4.69) is 43.5 Å². The van der Waals surface area contributed by atoms with Gasteiger partial charge in [0.2, 0.25) is 5.91 Å². The zero-order chi connectivity index (χ0) is 36.0. The SMILES string of the molecule is CCCCC/C=C\C/C=C\CCCCCCCCCCCC(=O)NC(COC1OC(CO)C(O)C(O)C1O)C(O)/C=C/CCCCCCC. The van der Waals surface area contributed by atoms with Gasteiger partial charge in [-0.1, -0.05) is 134 Å². The summed E-state index contributed by atoms with van der Waals surface area (Å²) < 4.78 is 11.1. The van der Waals surface area contributed by atoms with Crippen molar-refractivity contribution in [1.29, 1.82) is 0 Å². The molecular weight excluding hydrogens is 622 g/mol. The van der Waals surface area contributed by atoms with Crippen LogP contribution in [-0.4, -0.2) is 87.5 Å². The van der Waals surface area contributed by atoms with E-state index >= 15 is 0 Å². The number of aliphatic hydroxyl groups excluding tert-OH is 5. The standard InChI is InChI=1S/C40H73NO8/c1-3-5-7-9-11-12-13-14-15-16-17-18-19-20-21-22-24-26-28-30-36(44)41-33(34(43)29-27-25-23-10-8-6-4-2)32-48-40-39(47)38(46)37(45)35(31-42)49-40/h11-12,14-15,27,29,33-35,37-40,42-43,45-47H,3-10,13,16-26,28,30-32H2,1-2H3,(H,41,44)/b12-11-,15-14-,29-27+. The van der Waals surface area contributed by atoms with Gasteiger partial charge in [0.05, 0.1) is 25.4 Å². The molecule has 0 bridgehead atoms. The predicted octanol–water partition coefficient (Wildman–Crippen LogP) is 6.94. The van der Waals surface area contributed by atoms with Crippen LogP contribution in [0.5, 0.6) is 0 Å². The topological polar surface area (TPSA) is 149 Å². The van der Waals surface area contributed by atoms with Crippen LogP contribution in [0.3, 0.4) is 0 Å². The Balaban J connectivity index is 2.33. The number of carbonyl (C=O) groups excluding carboxylic acids is 1. The molecule has 1 amide bonds. The van der Waals surface area contributed by atoms with Crippen LogP contribution in [0.1, 0.15) is 155 Å². The van der Waals surface area contributed by atoms with Crippen molar-refractivity contribution in [3.8, 4) is 0 Å². The highest BCUT2D eigenvalue weighted by Crippen LogP contribution is 2.22. The smallest absolute Gasteiger partial charge is 0.220 e. The molecule has 0 aliphatic carbocycles. The summed E-state index contributed by atoms with van der Waals surface area (Å²) >= 11 is 0. The minimum Gasteiger partial charge on any atom is -0.394 e. The van der Waals surface area contributed by atoms with Crippen molar-refractivity contribution in [2.75, 3.05) is 13.2 Å². The molecule has 1 aliphatic heterocycles. The first-order valence-electron chi connectivity index (χ1n) is 19.7. The Kier molecular flexibility index (Phi) is 28.9. The fourth-order valence-corrected chi connectivity index (χ4v) is 5.95. The molecule has 1 aliphatic rings. The third-order valence-corrected chi connectivity index (χ3v) is 9.21. The summed E-state index contributed by atoms with van der Waals surface area (Å²) in [7, 11) is 0. The second-order valence-electron chi connectivity index (χ2n) is 13.7. The molecule has 0 radical (unpaired) electrons. The van der Waals surface area contributed by atoms with Crippen molar-refractivity contribution in [1.82, 2.24) is 5.32 Å². The Morgan fingerprint density at radius 3 is 1.80 bits per heavy atom. The number of hydrogen-bond donors (Lipinski definition) is 6. The first-order valence-corrected chi connectivity index (χ1v) is 19.7. The Morgan fingerprint density at radius 2 is 1.20 bits per heavy atom. The van der Waals surface area contributed by atoms with E-state index in [4.69, 9.17) is 9.47 Å². The maximum Gasteiger partial charge on any atom is 0.220 e. The van der Waals surface area contributed by atoms with Gasteiger partial charge in [-0.05, 0) is 51.4 Å². The van der Waals surface area contributed by atoms with Crippen LogP contribution in [0.15, 0.2) is 36.5 Å². The second-order valence-corrected chi connectivity index (χ2v) is 13.7. The molecule has 9 nitrogen and oxygen atoms in total. The Labute approximate surface area is 298 Å². The van der Waals surface area contributed by atoms with Crippen molar-refractivity contribution >= 4 is 5.91 Å². The van der Waals surface area contributed by atoms with Crippen LogP contribution in [0.4, 0.5) is 0 Å². The highest BCUT2D eigenvalue weighted by molar-refractivity contribution is 5.76. The molecule has 0 spiro atoms. The van der Waals surface area contributed by atoms with Gasteiger partial charge >= 0.3 is 0 Å². The Hall–Kier alpha value is -1.59. The Bertz CT molecular complexity index is 863. The molecule has 49 heavy (non-hydrogen) atoms. The summed E-state index contributed by atoms with van der Waals surface area (Å²) in [5.74, 6) is -0.188. The molecule has 0 aromatic rings. The zero-order valence-electron chi connectivity index (χ0n) is 30.9. The van der Waals surface area contributed by atoms with Crippen LogP contribution in [-0.2, 0) is 14.3 Å². The summed E-state index contributed by atoms with van der Waals surface area (Å²) in [6, 6.07) is -0.802. The monoisotopic (exact) mass is 696 g/mol. The molecule has 0 aromatic heterocycles. The third-order valence-electron chi connectivity index (χ3n) is 9.21. The van der Waals surface area contributed by atoms with E-state index in [1.165, 1.54) is 89.9 Å². The summed E-state index contributed by atoms with van der Waals surface area (Å²) in [5.41, 5.74) is 0. The number of unbranched alkanes of at least 4 members (excludes halogenated alkanes) is 17. The van der Waals surface area contributed by atoms with E-state index in [0.717, 1.165) is 44.9 Å². The maximum absolute atomic E-state index is 12.8. The van der Waals surface area contributed by atoms with Crippen molar-refractivity contribution in [2.24, 2.45) is 0 Å². The minimum atomic E-state index is -1.56. The highest BCUT2D eigenvalue weighted by atomic mass is 16.7. The number of carbonyl (C=O) groups is 1. The fourth-order valence-electron chi connectivity index (χ4n) is 5.95. The fraction of sp³-hybridized carbons (Fsp3) is 0.825. The summed E-state index contributed by atoms with van der Waals surface area (Å²) in [4.78, 5) is 12.8. The van der Waals surface area contributed by atoms with Crippen LogP contribution in [0, 0.1) is 0 Å². The maximum atomic E-state index is 12.8. The molecule has 0 saturated carbocycles. The first-order chi connectivity index (χ1) is 23.8. The van der Waals surface area contributed by atoms with E-state index in [1.54, 1.807) is 6.08 Å². The molecule has 9 heteroatoms. The molecule has 1 fully saturated rings. The van der Waals surface area contributed by atoms with Gasteiger partial charge in [-0.2, -0.15) is 0 Å². The van der Waals surface area contributed by atoms with Crippen molar-refractivity contribution < 1.29 is 39.8 Å². The molecule has 1 rings (SSSR count). The minimum absolute atomic E-state index is 0.188. The van der Waals surface area contributed by atoms with Gasteiger partial charge in [-0.25, -0.2) is 0 Å². The summed E-state index contributed by atoms with van der Waals surface area (Å²) in [6.07, 6.45) is 29.2. The van der Waals surface area contributed by atoms with E-state index < -0.39 is 49.5 Å². The van der Waals surface area contributed by atoms with E-state index in [-0.39, 0.29) is 12.5 Å². The molecule has 6 N–H and O–H groups in total. The molecular formula is C40H73NO8. The molecule has 0 aromatic carbocycles. The lowest BCUT2D eigenvalue weighted by Gasteiger charge is -2.40. The highest BCUT2D eigenvalue weighted by Gasteiger charge is 2.44. The summed E-state index contributed by atoms with van der Waals surface area (Å²) in [5, 5.41) is 53.7. The van der Waals surface area contributed by atoms with Gasteiger partial charge in [-0.15, -0.1) is 0 Å². The second kappa shape index (κ2) is 31.2. The zero-order valence-corrected chi connectivity index (χ0v) is 30.9. The Morgan fingerprint density at radius 1 is 0.694 bits per heavy atom. The van der Waals surface area contributed by atoms with E-state index in [1.807, 2.05) is 6.08 Å². The number of allylic oxidation sites excluding steroid dienone is 5. The number of rotatable bonds is 31. The van der Waals surface area contributed by atoms with E-state index in [9.17, 15) is 30.3 Å². The van der Waals surface area contributed by atoms with Gasteiger partial charge in [0.25, 0.3) is 0 Å². The lowest BCUT2D eigenvalue weighted by Crippen LogP contribution is -2.60. The van der Waals surface area contributed by atoms with Gasteiger partial charge in [-0.3, -0.25) is 4.79 Å². The number of ether oxygens (including phenoxy) is 2. The molecule has 1 heterocycles. The average molecular weight is 696 g/mol. The molecule has 1 saturated heterocycles. The van der Waals surface area contributed by atoms with Gasteiger partial charge in [0.15, 0.2) is 6.29 Å². The lowest BCUT2D eigenvalue weighted by atomic mass is 9.99. The summed E-state index contributed by atoms with van der Waals surface area (Å²) in [6.45, 7) is 3.66. The van der Waals surface area contributed by atoms with Crippen molar-refractivity contribution in [3.05, 3.63) is 36.5 Å². The lowest BCUT2D eigenvalue weighted by molar-refractivity contribution is -0.302. The van der Waals surface area contributed by atoms with Crippen molar-refractivity contribution in [3.63, 3.8) is 0 Å². The predicted molar refractivity (Wildman–Crippen MR) is 198 cm³/mol. The van der Waals surface area contributed by atoms with Gasteiger partial charge < -0.3 is 40.3 Å². The number of aliphatic hydroxyl groups is 5.